The predicted molar refractivity (Wildman–Crippen MR) is 99.0 cm³/mol. The molecule has 0 radical (unpaired) electrons. The van der Waals surface area contributed by atoms with E-state index in [4.69, 9.17) is 4.52 Å². The van der Waals surface area contributed by atoms with Crippen LogP contribution in [0.5, 0.6) is 0 Å². The summed E-state index contributed by atoms with van der Waals surface area (Å²) in [7, 11) is 1.72. The molecule has 1 heterocycles. The van der Waals surface area contributed by atoms with E-state index < -0.39 is 0 Å². The first-order chi connectivity index (χ1) is 12.3. The van der Waals surface area contributed by atoms with Crippen molar-refractivity contribution in [3.63, 3.8) is 0 Å². The minimum atomic E-state index is -0.237. The Morgan fingerprint density at radius 1 is 1.23 bits per heavy atom. The summed E-state index contributed by atoms with van der Waals surface area (Å²) in [5, 5.41) is 9.72. The molecule has 0 spiro atoms. The molecule has 2 aromatic rings. The second kappa shape index (κ2) is 7.19. The first kappa shape index (κ1) is 18.0. The summed E-state index contributed by atoms with van der Waals surface area (Å²) in [6, 6.07) is 5.28. The van der Waals surface area contributed by atoms with Crippen molar-refractivity contribution in [3.8, 4) is 0 Å². The second-order valence-corrected chi connectivity index (χ2v) is 6.88. The summed E-state index contributed by atoms with van der Waals surface area (Å²) in [5.41, 5.74) is 3.98. The fraction of sp³-hybridized carbons (Fsp3) is 0.421. The zero-order valence-corrected chi connectivity index (χ0v) is 15.5. The largest absolute Gasteiger partial charge is 0.361 e. The third-order valence-corrected chi connectivity index (χ3v) is 4.62. The summed E-state index contributed by atoms with van der Waals surface area (Å²) in [6.07, 6.45) is 1.90. The molecule has 7 heteroatoms. The van der Waals surface area contributed by atoms with E-state index in [2.05, 4.69) is 15.8 Å². The average molecular weight is 356 g/mol. The minimum Gasteiger partial charge on any atom is -0.361 e. The van der Waals surface area contributed by atoms with E-state index in [-0.39, 0.29) is 17.9 Å². The first-order valence-electron chi connectivity index (χ1n) is 8.70. The van der Waals surface area contributed by atoms with Gasteiger partial charge in [-0.05, 0) is 51.3 Å². The number of rotatable bonds is 5. The molecule has 2 N–H and O–H groups in total. The van der Waals surface area contributed by atoms with Gasteiger partial charge in [-0.3, -0.25) is 4.79 Å². The van der Waals surface area contributed by atoms with Crippen molar-refractivity contribution in [3.05, 3.63) is 40.8 Å². The number of anilines is 2. The Kier molecular flexibility index (Phi) is 4.97. The molecular weight excluding hydrogens is 332 g/mol. The molecule has 138 valence electrons. The number of benzene rings is 1. The van der Waals surface area contributed by atoms with E-state index in [9.17, 15) is 9.59 Å². The molecule has 0 saturated heterocycles. The van der Waals surface area contributed by atoms with Crippen LogP contribution in [-0.4, -0.2) is 29.0 Å². The fourth-order valence-corrected chi connectivity index (χ4v) is 2.67. The summed E-state index contributed by atoms with van der Waals surface area (Å²) in [5.74, 6) is 0.889. The molecule has 26 heavy (non-hydrogen) atoms. The molecule has 0 aliphatic heterocycles. The van der Waals surface area contributed by atoms with Gasteiger partial charge in [0.1, 0.15) is 5.76 Å². The Labute approximate surface area is 152 Å². The topological polar surface area (TPSA) is 87.5 Å². The van der Waals surface area contributed by atoms with Crippen LogP contribution in [0.3, 0.4) is 0 Å². The Bertz CT molecular complexity index is 820. The number of aromatic nitrogens is 1. The molecule has 1 fully saturated rings. The highest BCUT2D eigenvalue weighted by Crippen LogP contribution is 2.31. The number of hydrogen-bond donors (Lipinski definition) is 2. The molecule has 0 bridgehead atoms. The van der Waals surface area contributed by atoms with Gasteiger partial charge in [0.25, 0.3) is 0 Å². The van der Waals surface area contributed by atoms with Crippen molar-refractivity contribution in [1.82, 2.24) is 10.1 Å². The van der Waals surface area contributed by atoms with Gasteiger partial charge < -0.3 is 20.1 Å². The number of urea groups is 1. The molecule has 1 aliphatic rings. The lowest BCUT2D eigenvalue weighted by Crippen LogP contribution is -2.31. The van der Waals surface area contributed by atoms with Crippen LogP contribution in [0, 0.1) is 26.7 Å². The fourth-order valence-electron chi connectivity index (χ4n) is 2.67. The lowest BCUT2D eigenvalue weighted by molar-refractivity contribution is -0.117. The van der Waals surface area contributed by atoms with Crippen LogP contribution in [0.1, 0.15) is 35.4 Å². The van der Waals surface area contributed by atoms with Crippen LogP contribution in [0.2, 0.25) is 0 Å². The number of aryl methyl sites for hydroxylation is 3. The van der Waals surface area contributed by atoms with E-state index >= 15 is 0 Å². The molecule has 0 atom stereocenters. The third kappa shape index (κ3) is 4.04. The Morgan fingerprint density at radius 2 is 1.96 bits per heavy atom. The second-order valence-electron chi connectivity index (χ2n) is 6.88. The van der Waals surface area contributed by atoms with Gasteiger partial charge in [0.05, 0.1) is 12.2 Å². The molecular formula is C19H24N4O3. The predicted octanol–water partition coefficient (Wildman–Crippen LogP) is 3.61. The Morgan fingerprint density at radius 3 is 2.58 bits per heavy atom. The molecule has 3 rings (SSSR count). The van der Waals surface area contributed by atoms with E-state index in [1.807, 2.05) is 32.9 Å². The van der Waals surface area contributed by atoms with Crippen molar-refractivity contribution in [2.24, 2.45) is 5.92 Å². The average Bonchev–Trinajstić information content (AvgIpc) is 3.40. The number of hydrogen-bond acceptors (Lipinski definition) is 4. The van der Waals surface area contributed by atoms with E-state index in [0.717, 1.165) is 29.7 Å². The van der Waals surface area contributed by atoms with Crippen LogP contribution >= 0.6 is 0 Å². The van der Waals surface area contributed by atoms with E-state index in [0.29, 0.717) is 23.7 Å². The maximum absolute atomic E-state index is 12.5. The quantitative estimate of drug-likeness (QED) is 0.857. The van der Waals surface area contributed by atoms with Gasteiger partial charge in [0.15, 0.2) is 0 Å². The van der Waals surface area contributed by atoms with Crippen molar-refractivity contribution >= 4 is 23.3 Å². The van der Waals surface area contributed by atoms with Gasteiger partial charge in [0, 0.05) is 29.9 Å². The maximum Gasteiger partial charge on any atom is 0.321 e. The highest BCUT2D eigenvalue weighted by molar-refractivity contribution is 5.96. The third-order valence-electron chi connectivity index (χ3n) is 4.62. The lowest BCUT2D eigenvalue weighted by atomic mass is 10.1. The SMILES string of the molecule is Cc1ccc(NC(=O)C2CC2)cc1NC(=O)N(C)Cc1c(C)noc1C. The number of nitrogens with zero attached hydrogens (tertiary/aromatic N) is 2. The molecule has 0 unspecified atom stereocenters. The van der Waals surface area contributed by atoms with E-state index in [1.54, 1.807) is 18.0 Å². The standard InChI is InChI=1S/C19H24N4O3/c1-11-5-8-15(20-18(24)14-6-7-14)9-17(11)21-19(25)23(4)10-16-12(2)22-26-13(16)3/h5,8-9,14H,6-7,10H2,1-4H3,(H,20,24)(H,21,25). The molecule has 1 aliphatic carbocycles. The van der Waals surface area contributed by atoms with Crippen LogP contribution < -0.4 is 10.6 Å². The normalized spacial score (nSPS) is 13.4. The first-order valence-corrected chi connectivity index (χ1v) is 8.70. The lowest BCUT2D eigenvalue weighted by Gasteiger charge is -2.19. The molecule has 1 aromatic heterocycles. The summed E-state index contributed by atoms with van der Waals surface area (Å²) in [4.78, 5) is 26.0. The van der Waals surface area contributed by atoms with Crippen LogP contribution in [0.4, 0.5) is 16.2 Å². The monoisotopic (exact) mass is 356 g/mol. The number of carbonyl (C=O) groups is 2. The van der Waals surface area contributed by atoms with E-state index in [1.165, 1.54) is 0 Å². The van der Waals surface area contributed by atoms with Gasteiger partial charge in [0.2, 0.25) is 5.91 Å². The smallest absolute Gasteiger partial charge is 0.321 e. The van der Waals surface area contributed by atoms with Gasteiger partial charge in [-0.1, -0.05) is 11.2 Å². The minimum absolute atomic E-state index is 0.0432. The maximum atomic E-state index is 12.5. The van der Waals surface area contributed by atoms with Gasteiger partial charge in [-0.15, -0.1) is 0 Å². The van der Waals surface area contributed by atoms with Crippen LogP contribution in [0.15, 0.2) is 22.7 Å². The molecule has 1 saturated carbocycles. The summed E-state index contributed by atoms with van der Waals surface area (Å²) >= 11 is 0. The van der Waals surface area contributed by atoms with Gasteiger partial charge >= 0.3 is 6.03 Å². The van der Waals surface area contributed by atoms with Gasteiger partial charge in [-0.2, -0.15) is 0 Å². The van der Waals surface area contributed by atoms with Crippen molar-refractivity contribution in [2.45, 2.75) is 40.2 Å². The molecule has 1 aromatic carbocycles. The van der Waals surface area contributed by atoms with Crippen molar-refractivity contribution < 1.29 is 14.1 Å². The highest BCUT2D eigenvalue weighted by Gasteiger charge is 2.29. The Hall–Kier alpha value is -2.83. The zero-order chi connectivity index (χ0) is 18.8. The molecule has 7 nitrogen and oxygen atoms in total. The summed E-state index contributed by atoms with van der Waals surface area (Å²) < 4.78 is 5.14. The number of carbonyl (C=O) groups excluding carboxylic acids is 2. The van der Waals surface area contributed by atoms with Crippen molar-refractivity contribution in [1.29, 1.82) is 0 Å². The van der Waals surface area contributed by atoms with Crippen LogP contribution in [0.25, 0.3) is 0 Å². The zero-order valence-electron chi connectivity index (χ0n) is 15.5. The summed E-state index contributed by atoms with van der Waals surface area (Å²) in [6.45, 7) is 6.01. The molecule has 3 amide bonds. The van der Waals surface area contributed by atoms with Crippen LogP contribution in [-0.2, 0) is 11.3 Å². The van der Waals surface area contributed by atoms with Crippen molar-refractivity contribution in [2.75, 3.05) is 17.7 Å². The number of nitrogens with one attached hydrogen (secondary N) is 2. The highest BCUT2D eigenvalue weighted by atomic mass is 16.5. The Balaban J connectivity index is 1.66. The van der Waals surface area contributed by atoms with Gasteiger partial charge in [-0.25, -0.2) is 4.79 Å². The number of amides is 3.